The lowest BCUT2D eigenvalue weighted by Crippen LogP contribution is -2.43. The van der Waals surface area contributed by atoms with Crippen molar-refractivity contribution in [1.29, 1.82) is 0 Å². The lowest BCUT2D eigenvalue weighted by molar-refractivity contribution is -0.104. The van der Waals surface area contributed by atoms with Crippen LogP contribution in [0.1, 0.15) is 0 Å². The van der Waals surface area contributed by atoms with Gasteiger partial charge in [-0.2, -0.15) is 10.1 Å². The predicted molar refractivity (Wildman–Crippen MR) is 128 cm³/mol. The standard InChI is InChI=1S/C24H25N7O3/c1-30-11-8-19(29-30)16-4-3-5-17(14-16)21-22(33-2)23(26-18-6-9-25-10-7-18)28-24(27-21)31-12-13-34-20(32)15-31/h3-11,14,20,32H,12-13,15H2,1-2H3,(H,25,26,27,28)/t20-/m0/s1. The smallest absolute Gasteiger partial charge is 0.228 e. The molecular weight excluding hydrogens is 434 g/mol. The maximum Gasteiger partial charge on any atom is 0.228 e. The first-order valence-corrected chi connectivity index (χ1v) is 10.9. The van der Waals surface area contributed by atoms with Crippen molar-refractivity contribution in [3.8, 4) is 28.3 Å². The average Bonchev–Trinajstić information content (AvgIpc) is 3.30. The molecule has 10 heteroatoms. The molecule has 4 heterocycles. The SMILES string of the molecule is COc1c(Nc2ccncc2)nc(N2CCO[C@H](O)C2)nc1-c1cccc(-c2ccn(C)n2)c1. The third-order valence-corrected chi connectivity index (χ3v) is 5.48. The van der Waals surface area contributed by atoms with Crippen LogP contribution in [0.25, 0.3) is 22.5 Å². The number of aliphatic hydroxyl groups is 1. The lowest BCUT2D eigenvalue weighted by atomic mass is 10.0. The summed E-state index contributed by atoms with van der Waals surface area (Å²) in [6, 6.07) is 13.6. The highest BCUT2D eigenvalue weighted by atomic mass is 16.6. The molecule has 1 aromatic carbocycles. The number of pyridine rings is 1. The lowest BCUT2D eigenvalue weighted by Gasteiger charge is -2.31. The number of β-amino-alcohol motifs (C(OH)–C–C–N with tert-alkyl or cyclic N) is 1. The van der Waals surface area contributed by atoms with Crippen molar-refractivity contribution in [1.82, 2.24) is 24.7 Å². The Balaban J connectivity index is 1.63. The summed E-state index contributed by atoms with van der Waals surface area (Å²) in [5.41, 5.74) is 4.13. The minimum Gasteiger partial charge on any atom is -0.491 e. The highest BCUT2D eigenvalue weighted by molar-refractivity contribution is 5.79. The van der Waals surface area contributed by atoms with Crippen LogP contribution >= 0.6 is 0 Å². The van der Waals surface area contributed by atoms with E-state index in [1.165, 1.54) is 0 Å². The zero-order valence-corrected chi connectivity index (χ0v) is 18.9. The minimum atomic E-state index is -0.896. The van der Waals surface area contributed by atoms with Crippen LogP contribution in [0.2, 0.25) is 0 Å². The average molecular weight is 460 g/mol. The first-order valence-electron chi connectivity index (χ1n) is 10.9. The molecule has 34 heavy (non-hydrogen) atoms. The number of methoxy groups -OCH3 is 1. The van der Waals surface area contributed by atoms with Crippen LogP contribution in [0.15, 0.2) is 61.1 Å². The van der Waals surface area contributed by atoms with Gasteiger partial charge in [0.25, 0.3) is 0 Å². The van der Waals surface area contributed by atoms with Crippen LogP contribution in [0.3, 0.4) is 0 Å². The van der Waals surface area contributed by atoms with Gasteiger partial charge in [-0.3, -0.25) is 9.67 Å². The molecule has 10 nitrogen and oxygen atoms in total. The van der Waals surface area contributed by atoms with Gasteiger partial charge >= 0.3 is 0 Å². The molecule has 1 aliphatic rings. The monoisotopic (exact) mass is 459 g/mol. The summed E-state index contributed by atoms with van der Waals surface area (Å²) in [5, 5.41) is 17.9. The molecule has 1 saturated heterocycles. The maximum atomic E-state index is 10.0. The number of nitrogens with zero attached hydrogens (tertiary/aromatic N) is 6. The molecule has 0 spiro atoms. The van der Waals surface area contributed by atoms with E-state index < -0.39 is 6.29 Å². The van der Waals surface area contributed by atoms with Crippen molar-refractivity contribution < 1.29 is 14.6 Å². The number of rotatable bonds is 6. The van der Waals surface area contributed by atoms with Crippen molar-refractivity contribution in [3.05, 3.63) is 61.1 Å². The van der Waals surface area contributed by atoms with E-state index in [0.29, 0.717) is 36.4 Å². The van der Waals surface area contributed by atoms with E-state index in [2.05, 4.69) is 15.4 Å². The third kappa shape index (κ3) is 4.54. The van der Waals surface area contributed by atoms with E-state index in [9.17, 15) is 5.11 Å². The Bertz CT molecular complexity index is 1280. The first kappa shape index (κ1) is 21.8. The van der Waals surface area contributed by atoms with E-state index in [4.69, 9.17) is 19.4 Å². The van der Waals surface area contributed by atoms with Crippen LogP contribution in [0, 0.1) is 0 Å². The number of aliphatic hydroxyl groups excluding tert-OH is 1. The maximum absolute atomic E-state index is 10.0. The molecule has 0 aliphatic carbocycles. The molecule has 2 N–H and O–H groups in total. The molecule has 1 fully saturated rings. The number of morpholine rings is 1. The van der Waals surface area contributed by atoms with E-state index in [1.54, 1.807) is 24.2 Å². The topological polar surface area (TPSA) is 110 Å². The van der Waals surface area contributed by atoms with E-state index in [-0.39, 0.29) is 6.54 Å². The van der Waals surface area contributed by atoms with Crippen molar-refractivity contribution in [2.45, 2.75) is 6.29 Å². The summed E-state index contributed by atoms with van der Waals surface area (Å²) in [7, 11) is 3.49. The largest absolute Gasteiger partial charge is 0.491 e. The summed E-state index contributed by atoms with van der Waals surface area (Å²) >= 11 is 0. The third-order valence-electron chi connectivity index (χ3n) is 5.48. The van der Waals surface area contributed by atoms with Crippen molar-refractivity contribution in [3.63, 3.8) is 0 Å². The number of aromatic nitrogens is 5. The molecular formula is C24H25N7O3. The number of ether oxygens (including phenoxy) is 2. The summed E-state index contributed by atoms with van der Waals surface area (Å²) < 4.78 is 12.9. The quantitative estimate of drug-likeness (QED) is 0.450. The van der Waals surface area contributed by atoms with Crippen molar-refractivity contribution >= 4 is 17.5 Å². The molecule has 0 saturated carbocycles. The summed E-state index contributed by atoms with van der Waals surface area (Å²) in [6.45, 7) is 1.22. The summed E-state index contributed by atoms with van der Waals surface area (Å²) in [4.78, 5) is 15.6. The van der Waals surface area contributed by atoms with Gasteiger partial charge < -0.3 is 24.8 Å². The van der Waals surface area contributed by atoms with E-state index >= 15 is 0 Å². The van der Waals surface area contributed by atoms with Gasteiger partial charge in [-0.25, -0.2) is 4.98 Å². The molecule has 0 amide bonds. The Morgan fingerprint density at radius 2 is 1.94 bits per heavy atom. The molecule has 0 radical (unpaired) electrons. The van der Waals surface area contributed by atoms with E-state index in [0.717, 1.165) is 22.5 Å². The number of anilines is 3. The minimum absolute atomic E-state index is 0.272. The molecule has 0 bridgehead atoms. The van der Waals surface area contributed by atoms with Crippen LogP contribution in [-0.2, 0) is 11.8 Å². The highest BCUT2D eigenvalue weighted by Gasteiger charge is 2.25. The zero-order valence-electron chi connectivity index (χ0n) is 18.9. The number of benzene rings is 1. The van der Waals surface area contributed by atoms with Gasteiger partial charge in [0.15, 0.2) is 17.9 Å². The Kier molecular flexibility index (Phi) is 6.07. The number of hydrogen-bond acceptors (Lipinski definition) is 9. The fraction of sp³-hybridized carbons (Fsp3) is 0.250. The van der Waals surface area contributed by atoms with E-state index in [1.807, 2.05) is 60.6 Å². The zero-order chi connectivity index (χ0) is 23.5. The molecule has 174 valence electrons. The normalized spacial score (nSPS) is 15.9. The summed E-state index contributed by atoms with van der Waals surface area (Å²) in [5.74, 6) is 1.49. The molecule has 1 atom stereocenters. The highest BCUT2D eigenvalue weighted by Crippen LogP contribution is 2.38. The number of aryl methyl sites for hydroxylation is 1. The second kappa shape index (κ2) is 9.46. The second-order valence-electron chi connectivity index (χ2n) is 7.84. The molecule has 5 rings (SSSR count). The van der Waals surface area contributed by atoms with Crippen LogP contribution in [0.5, 0.6) is 5.75 Å². The Hall–Kier alpha value is -4.02. The van der Waals surface area contributed by atoms with Gasteiger partial charge in [-0.15, -0.1) is 0 Å². The van der Waals surface area contributed by atoms with Crippen molar-refractivity contribution in [2.75, 3.05) is 37.0 Å². The number of nitrogens with one attached hydrogen (secondary N) is 1. The second-order valence-corrected chi connectivity index (χ2v) is 7.84. The van der Waals surface area contributed by atoms with Gasteiger partial charge in [0.05, 0.1) is 26.0 Å². The van der Waals surface area contributed by atoms with Gasteiger partial charge in [0, 0.05) is 49.0 Å². The predicted octanol–water partition coefficient (Wildman–Crippen LogP) is 2.85. The molecule has 4 aromatic rings. The van der Waals surface area contributed by atoms with Gasteiger partial charge in [0.1, 0.15) is 5.69 Å². The Labute approximate surface area is 196 Å². The Morgan fingerprint density at radius 1 is 1.12 bits per heavy atom. The fourth-order valence-electron chi connectivity index (χ4n) is 3.83. The summed E-state index contributed by atoms with van der Waals surface area (Å²) in [6.07, 6.45) is 4.41. The van der Waals surface area contributed by atoms with Crippen LogP contribution < -0.4 is 15.0 Å². The molecule has 1 aliphatic heterocycles. The fourth-order valence-corrected chi connectivity index (χ4v) is 3.83. The van der Waals surface area contributed by atoms with Gasteiger partial charge in [-0.1, -0.05) is 18.2 Å². The number of hydrogen-bond donors (Lipinski definition) is 2. The van der Waals surface area contributed by atoms with Gasteiger partial charge in [-0.05, 0) is 24.3 Å². The van der Waals surface area contributed by atoms with Crippen LogP contribution in [0.4, 0.5) is 17.5 Å². The molecule has 0 unspecified atom stereocenters. The van der Waals surface area contributed by atoms with Gasteiger partial charge in [0.2, 0.25) is 5.95 Å². The first-order chi connectivity index (χ1) is 16.6. The Morgan fingerprint density at radius 3 is 2.68 bits per heavy atom. The van der Waals surface area contributed by atoms with Crippen molar-refractivity contribution in [2.24, 2.45) is 7.05 Å². The molecule has 3 aromatic heterocycles. The van der Waals surface area contributed by atoms with Crippen LogP contribution in [-0.4, -0.2) is 62.9 Å².